The summed E-state index contributed by atoms with van der Waals surface area (Å²) in [6, 6.07) is 13.6. The van der Waals surface area contributed by atoms with Gasteiger partial charge in [-0.05, 0) is 48.9 Å². The van der Waals surface area contributed by atoms with E-state index < -0.39 is 9.85 Å². The van der Waals surface area contributed by atoms with E-state index in [9.17, 15) is 25.0 Å². The second-order valence-corrected chi connectivity index (χ2v) is 9.09. The third-order valence-corrected chi connectivity index (χ3v) is 6.09. The van der Waals surface area contributed by atoms with Gasteiger partial charge in [0.15, 0.2) is 5.75 Å². The van der Waals surface area contributed by atoms with E-state index in [0.717, 1.165) is 4.47 Å². The molecule has 0 aliphatic rings. The van der Waals surface area contributed by atoms with Crippen molar-refractivity contribution in [3.63, 3.8) is 0 Å². The van der Waals surface area contributed by atoms with Crippen LogP contribution in [0.15, 0.2) is 69.0 Å². The molecule has 4 rings (SSSR count). The predicted octanol–water partition coefficient (Wildman–Crippen LogP) is 5.40. The number of benzene rings is 3. The van der Waals surface area contributed by atoms with Gasteiger partial charge in [0.05, 0.1) is 33.6 Å². The highest BCUT2D eigenvalue weighted by molar-refractivity contribution is 9.10. The number of nitro groups is 2. The van der Waals surface area contributed by atoms with Crippen molar-refractivity contribution in [2.75, 3.05) is 6.61 Å². The molecule has 0 saturated carbocycles. The second kappa shape index (κ2) is 11.8. The van der Waals surface area contributed by atoms with Gasteiger partial charge in [0.2, 0.25) is 5.75 Å². The Labute approximate surface area is 229 Å². The SMILES string of the molecule is CCOc1cc(C=Nn2c(CC)nc3ccc(Br)cc3c2=O)cc([N+](=O)[O-])c1OCc1ccc([N+](=O)[O-])cc1. The molecule has 13 heteroatoms. The number of nitro benzene ring substituents is 2. The molecular weight excluding hydrogens is 574 g/mol. The summed E-state index contributed by atoms with van der Waals surface area (Å²) in [5.74, 6) is 0.438. The molecule has 0 radical (unpaired) electrons. The van der Waals surface area contributed by atoms with Crippen LogP contribution in [-0.4, -0.2) is 32.3 Å². The quantitative estimate of drug-likeness (QED) is 0.134. The summed E-state index contributed by atoms with van der Waals surface area (Å²) in [6.07, 6.45) is 1.75. The minimum Gasteiger partial charge on any atom is -0.490 e. The molecule has 1 heterocycles. The average Bonchev–Trinajstić information content (AvgIpc) is 2.92. The highest BCUT2D eigenvalue weighted by Crippen LogP contribution is 2.39. The number of rotatable bonds is 10. The Morgan fingerprint density at radius 1 is 1.03 bits per heavy atom. The van der Waals surface area contributed by atoms with Crippen molar-refractivity contribution in [1.82, 2.24) is 9.66 Å². The van der Waals surface area contributed by atoms with E-state index in [1.807, 2.05) is 6.92 Å². The van der Waals surface area contributed by atoms with E-state index >= 15 is 0 Å². The molecule has 39 heavy (non-hydrogen) atoms. The molecule has 200 valence electrons. The minimum absolute atomic E-state index is 0.0806. The number of hydrogen-bond acceptors (Lipinski definition) is 9. The third-order valence-electron chi connectivity index (χ3n) is 5.60. The summed E-state index contributed by atoms with van der Waals surface area (Å²) < 4.78 is 13.3. The summed E-state index contributed by atoms with van der Waals surface area (Å²) in [7, 11) is 0. The van der Waals surface area contributed by atoms with Crippen molar-refractivity contribution in [1.29, 1.82) is 0 Å². The number of non-ortho nitro benzene ring substituents is 1. The molecule has 3 aromatic carbocycles. The molecule has 0 saturated heterocycles. The Balaban J connectivity index is 1.71. The molecule has 12 nitrogen and oxygen atoms in total. The fourth-order valence-electron chi connectivity index (χ4n) is 3.76. The number of halogens is 1. The molecule has 0 atom stereocenters. The normalized spacial score (nSPS) is 11.2. The lowest BCUT2D eigenvalue weighted by Gasteiger charge is -2.13. The largest absolute Gasteiger partial charge is 0.490 e. The Morgan fingerprint density at radius 2 is 1.77 bits per heavy atom. The lowest BCUT2D eigenvalue weighted by molar-refractivity contribution is -0.386. The van der Waals surface area contributed by atoms with Crippen LogP contribution in [0.5, 0.6) is 11.5 Å². The van der Waals surface area contributed by atoms with Gasteiger partial charge in [0.25, 0.3) is 11.2 Å². The summed E-state index contributed by atoms with van der Waals surface area (Å²) in [6.45, 7) is 3.68. The molecule has 0 bridgehead atoms. The van der Waals surface area contributed by atoms with Gasteiger partial charge in [-0.3, -0.25) is 25.0 Å². The van der Waals surface area contributed by atoms with Gasteiger partial charge in [0, 0.05) is 34.7 Å². The first-order valence-electron chi connectivity index (χ1n) is 11.8. The summed E-state index contributed by atoms with van der Waals surface area (Å²) in [5.41, 5.74) is 0.587. The number of aryl methyl sites for hydroxylation is 1. The van der Waals surface area contributed by atoms with Gasteiger partial charge < -0.3 is 9.47 Å². The van der Waals surface area contributed by atoms with Crippen molar-refractivity contribution in [3.8, 4) is 11.5 Å². The van der Waals surface area contributed by atoms with E-state index in [-0.39, 0.29) is 41.6 Å². The van der Waals surface area contributed by atoms with Crippen LogP contribution in [0.3, 0.4) is 0 Å². The first-order chi connectivity index (χ1) is 18.7. The maximum absolute atomic E-state index is 13.2. The van der Waals surface area contributed by atoms with E-state index in [4.69, 9.17) is 9.47 Å². The monoisotopic (exact) mass is 595 g/mol. The molecule has 0 fully saturated rings. The Kier molecular flexibility index (Phi) is 8.30. The zero-order chi connectivity index (χ0) is 28.1. The molecule has 0 amide bonds. The molecule has 0 unspecified atom stereocenters. The van der Waals surface area contributed by atoms with Crippen molar-refractivity contribution >= 4 is 44.4 Å². The van der Waals surface area contributed by atoms with Gasteiger partial charge >= 0.3 is 5.69 Å². The zero-order valence-electron chi connectivity index (χ0n) is 20.9. The van der Waals surface area contributed by atoms with Gasteiger partial charge in [-0.25, -0.2) is 4.98 Å². The minimum atomic E-state index is -0.607. The summed E-state index contributed by atoms with van der Waals surface area (Å²) in [4.78, 5) is 39.4. The lowest BCUT2D eigenvalue weighted by Crippen LogP contribution is -2.22. The second-order valence-electron chi connectivity index (χ2n) is 8.17. The average molecular weight is 596 g/mol. The van der Waals surface area contributed by atoms with Crippen LogP contribution >= 0.6 is 15.9 Å². The van der Waals surface area contributed by atoms with E-state index in [1.54, 1.807) is 25.1 Å². The van der Waals surface area contributed by atoms with Crippen LogP contribution in [0.4, 0.5) is 11.4 Å². The number of aromatic nitrogens is 2. The molecule has 0 N–H and O–H groups in total. The standard InChI is InChI=1S/C26H22BrN5O7/c1-3-24-29-21-10-7-18(27)13-20(21)26(33)30(24)28-14-17-11-22(32(36)37)25(23(12-17)38-4-2)39-15-16-5-8-19(9-6-16)31(34)35/h5-14H,3-4,15H2,1-2H3. The van der Waals surface area contributed by atoms with Gasteiger partial charge in [-0.15, -0.1) is 0 Å². The van der Waals surface area contributed by atoms with Crippen molar-refractivity contribution < 1.29 is 19.3 Å². The lowest BCUT2D eigenvalue weighted by atomic mass is 10.1. The third kappa shape index (κ3) is 6.09. The Bertz CT molecular complexity index is 1650. The molecule has 0 aliphatic carbocycles. The zero-order valence-corrected chi connectivity index (χ0v) is 22.5. The summed E-state index contributed by atoms with van der Waals surface area (Å²) in [5, 5.41) is 27.5. The van der Waals surface area contributed by atoms with Crippen molar-refractivity contribution in [2.45, 2.75) is 26.9 Å². The van der Waals surface area contributed by atoms with Gasteiger partial charge in [-0.1, -0.05) is 22.9 Å². The molecule has 0 spiro atoms. The number of nitrogens with zero attached hydrogens (tertiary/aromatic N) is 5. The van der Waals surface area contributed by atoms with Crippen LogP contribution in [0.2, 0.25) is 0 Å². The fourth-order valence-corrected chi connectivity index (χ4v) is 4.12. The number of hydrogen-bond donors (Lipinski definition) is 0. The first-order valence-corrected chi connectivity index (χ1v) is 12.6. The van der Waals surface area contributed by atoms with E-state index in [2.05, 4.69) is 26.0 Å². The van der Waals surface area contributed by atoms with Crippen LogP contribution in [0.1, 0.15) is 30.8 Å². The van der Waals surface area contributed by atoms with Gasteiger partial charge in [0.1, 0.15) is 12.4 Å². The molecular formula is C26H22BrN5O7. The maximum atomic E-state index is 13.2. The van der Waals surface area contributed by atoms with E-state index in [1.165, 1.54) is 47.3 Å². The van der Waals surface area contributed by atoms with Crippen LogP contribution in [-0.2, 0) is 13.0 Å². The predicted molar refractivity (Wildman–Crippen MR) is 148 cm³/mol. The highest BCUT2D eigenvalue weighted by Gasteiger charge is 2.23. The van der Waals surface area contributed by atoms with Crippen molar-refractivity contribution in [2.24, 2.45) is 5.10 Å². The topological polar surface area (TPSA) is 152 Å². The molecule has 1 aromatic heterocycles. The highest BCUT2D eigenvalue weighted by atomic mass is 79.9. The Morgan fingerprint density at radius 3 is 2.41 bits per heavy atom. The molecule has 0 aliphatic heterocycles. The van der Waals surface area contributed by atoms with Gasteiger partial charge in [-0.2, -0.15) is 9.78 Å². The van der Waals surface area contributed by atoms with E-state index in [0.29, 0.717) is 34.3 Å². The van der Waals surface area contributed by atoms with Crippen LogP contribution in [0, 0.1) is 20.2 Å². The molecule has 4 aromatic rings. The maximum Gasteiger partial charge on any atom is 0.315 e. The Hall–Kier alpha value is -4.65. The first kappa shape index (κ1) is 27.4. The number of fused-ring (bicyclic) bond motifs is 1. The van der Waals surface area contributed by atoms with Crippen LogP contribution < -0.4 is 15.0 Å². The van der Waals surface area contributed by atoms with Crippen molar-refractivity contribution in [3.05, 3.63) is 107 Å². The van der Waals surface area contributed by atoms with Crippen LogP contribution in [0.25, 0.3) is 10.9 Å². The fraction of sp³-hybridized carbons (Fsp3) is 0.192. The summed E-state index contributed by atoms with van der Waals surface area (Å²) >= 11 is 3.36. The smallest absolute Gasteiger partial charge is 0.315 e. The number of ether oxygens (including phenoxy) is 2.